The number of methoxy groups -OCH3 is 1. The van der Waals surface area contributed by atoms with Gasteiger partial charge in [-0.2, -0.15) is 0 Å². The van der Waals surface area contributed by atoms with Crippen LogP contribution in [-0.4, -0.2) is 52.4 Å². The SMILES string of the molecule is COc1ccc(CN2CCc3nc([C@H]4CCN(C(=O)C[C@H]5C=CCC5)C4)[nH]c(=O)c3C2)cc1. The predicted molar refractivity (Wildman–Crippen MR) is 126 cm³/mol. The second-order valence-electron chi connectivity index (χ2n) is 9.48. The normalized spacial score (nSPS) is 22.5. The molecule has 174 valence electrons. The minimum absolute atomic E-state index is 0.0321. The number of fused-ring (bicyclic) bond motifs is 1. The smallest absolute Gasteiger partial charge is 0.255 e. The van der Waals surface area contributed by atoms with E-state index in [0.29, 0.717) is 25.4 Å². The summed E-state index contributed by atoms with van der Waals surface area (Å²) in [5, 5.41) is 0. The molecule has 1 aromatic carbocycles. The lowest BCUT2D eigenvalue weighted by Crippen LogP contribution is -2.36. The van der Waals surface area contributed by atoms with Gasteiger partial charge in [-0.1, -0.05) is 24.3 Å². The van der Waals surface area contributed by atoms with Gasteiger partial charge in [0, 0.05) is 51.5 Å². The number of aromatic amines is 1. The van der Waals surface area contributed by atoms with Crippen LogP contribution >= 0.6 is 0 Å². The Kier molecular flexibility index (Phi) is 6.31. The van der Waals surface area contributed by atoms with E-state index in [1.807, 2.05) is 17.0 Å². The van der Waals surface area contributed by atoms with Crippen LogP contribution in [-0.2, 0) is 24.3 Å². The number of hydrogen-bond donors (Lipinski definition) is 1. The van der Waals surface area contributed by atoms with Crippen molar-refractivity contribution in [2.45, 2.75) is 51.1 Å². The van der Waals surface area contributed by atoms with E-state index in [1.54, 1.807) is 7.11 Å². The van der Waals surface area contributed by atoms with E-state index in [1.165, 1.54) is 5.56 Å². The molecule has 0 bridgehead atoms. The van der Waals surface area contributed by atoms with Gasteiger partial charge in [-0.3, -0.25) is 14.5 Å². The number of nitrogens with zero attached hydrogens (tertiary/aromatic N) is 3. The number of likely N-dealkylation sites (tertiary alicyclic amines) is 1. The number of H-pyrrole nitrogens is 1. The molecule has 0 saturated carbocycles. The molecule has 1 N–H and O–H groups in total. The fourth-order valence-electron chi connectivity index (χ4n) is 5.25. The maximum atomic E-state index is 12.9. The van der Waals surface area contributed by atoms with Crippen molar-refractivity contribution in [3.8, 4) is 5.75 Å². The second kappa shape index (κ2) is 9.51. The number of allylic oxidation sites excluding steroid dienone is 2. The van der Waals surface area contributed by atoms with Gasteiger partial charge in [0.2, 0.25) is 5.91 Å². The number of benzene rings is 1. The van der Waals surface area contributed by atoms with E-state index in [2.05, 4.69) is 34.2 Å². The van der Waals surface area contributed by atoms with Crippen LogP contribution in [0.15, 0.2) is 41.2 Å². The van der Waals surface area contributed by atoms with Crippen molar-refractivity contribution in [1.29, 1.82) is 0 Å². The fraction of sp³-hybridized carbons (Fsp3) is 0.500. The van der Waals surface area contributed by atoms with Gasteiger partial charge in [0.1, 0.15) is 11.6 Å². The molecule has 7 nitrogen and oxygen atoms in total. The third kappa shape index (κ3) is 4.88. The van der Waals surface area contributed by atoms with Crippen LogP contribution in [0.3, 0.4) is 0 Å². The highest BCUT2D eigenvalue weighted by Gasteiger charge is 2.31. The highest BCUT2D eigenvalue weighted by molar-refractivity contribution is 5.77. The number of carbonyl (C=O) groups is 1. The predicted octanol–water partition coefficient (Wildman–Crippen LogP) is 3.01. The van der Waals surface area contributed by atoms with Crippen molar-refractivity contribution in [2.75, 3.05) is 26.7 Å². The topological polar surface area (TPSA) is 78.5 Å². The molecule has 1 aromatic heterocycles. The summed E-state index contributed by atoms with van der Waals surface area (Å²) in [4.78, 5) is 37.8. The molecule has 5 rings (SSSR count). The zero-order chi connectivity index (χ0) is 22.8. The van der Waals surface area contributed by atoms with Gasteiger partial charge in [0.15, 0.2) is 0 Å². The van der Waals surface area contributed by atoms with Gasteiger partial charge in [-0.05, 0) is 42.9 Å². The molecule has 1 fully saturated rings. The summed E-state index contributed by atoms with van der Waals surface area (Å²) in [7, 11) is 1.67. The van der Waals surface area contributed by atoms with Crippen LogP contribution in [0.4, 0.5) is 0 Å². The van der Waals surface area contributed by atoms with Crippen molar-refractivity contribution in [3.63, 3.8) is 0 Å². The molecular weight excluding hydrogens is 416 g/mol. The summed E-state index contributed by atoms with van der Waals surface area (Å²) >= 11 is 0. The fourth-order valence-corrected chi connectivity index (χ4v) is 5.25. The van der Waals surface area contributed by atoms with E-state index in [9.17, 15) is 9.59 Å². The van der Waals surface area contributed by atoms with E-state index in [4.69, 9.17) is 9.72 Å². The molecule has 3 aliphatic rings. The first kappa shape index (κ1) is 21.9. The number of rotatable bonds is 6. The summed E-state index contributed by atoms with van der Waals surface area (Å²) in [5.74, 6) is 2.32. The molecule has 0 spiro atoms. The number of ether oxygens (including phenoxy) is 1. The van der Waals surface area contributed by atoms with Crippen molar-refractivity contribution < 1.29 is 9.53 Å². The van der Waals surface area contributed by atoms with Gasteiger partial charge in [-0.25, -0.2) is 4.98 Å². The first-order chi connectivity index (χ1) is 16.1. The van der Waals surface area contributed by atoms with Crippen molar-refractivity contribution in [2.24, 2.45) is 5.92 Å². The monoisotopic (exact) mass is 448 g/mol. The molecule has 2 aromatic rings. The Hall–Kier alpha value is -2.93. The molecule has 1 amide bonds. The molecular formula is C26H32N4O3. The maximum absolute atomic E-state index is 12.9. The Morgan fingerprint density at radius 1 is 1.21 bits per heavy atom. The van der Waals surface area contributed by atoms with Gasteiger partial charge >= 0.3 is 0 Å². The standard InChI is InChI=1S/C26H32N4O3/c1-33-21-8-6-19(7-9-21)15-29-12-11-23-22(17-29)26(32)28-25(27-23)20-10-13-30(16-20)24(31)14-18-4-2-3-5-18/h2,4,6-9,18,20H,3,5,10-17H2,1H3,(H,27,28,32)/t18-,20-/m0/s1. The van der Waals surface area contributed by atoms with E-state index < -0.39 is 0 Å². The summed E-state index contributed by atoms with van der Waals surface area (Å²) in [6, 6.07) is 8.06. The van der Waals surface area contributed by atoms with E-state index in [0.717, 1.165) is 68.1 Å². The van der Waals surface area contributed by atoms with E-state index in [-0.39, 0.29) is 17.4 Å². The summed E-state index contributed by atoms with van der Waals surface area (Å²) in [5.41, 5.74) is 2.86. The van der Waals surface area contributed by atoms with Crippen LogP contribution < -0.4 is 10.3 Å². The molecule has 2 aliphatic heterocycles. The van der Waals surface area contributed by atoms with Crippen molar-refractivity contribution >= 4 is 5.91 Å². The van der Waals surface area contributed by atoms with Crippen LogP contribution in [0.25, 0.3) is 0 Å². The maximum Gasteiger partial charge on any atom is 0.255 e. The number of carbonyl (C=O) groups excluding carboxylic acids is 1. The van der Waals surface area contributed by atoms with Gasteiger partial charge < -0.3 is 14.6 Å². The first-order valence-corrected chi connectivity index (χ1v) is 12.0. The quantitative estimate of drug-likeness (QED) is 0.688. The molecule has 0 radical (unpaired) electrons. The zero-order valence-electron chi connectivity index (χ0n) is 19.3. The molecule has 2 atom stereocenters. The Morgan fingerprint density at radius 2 is 2.06 bits per heavy atom. The Morgan fingerprint density at radius 3 is 2.82 bits per heavy atom. The first-order valence-electron chi connectivity index (χ1n) is 12.0. The van der Waals surface area contributed by atoms with Gasteiger partial charge in [-0.15, -0.1) is 0 Å². The second-order valence-corrected chi connectivity index (χ2v) is 9.48. The van der Waals surface area contributed by atoms with Crippen molar-refractivity contribution in [3.05, 3.63) is 69.4 Å². The summed E-state index contributed by atoms with van der Waals surface area (Å²) in [6.45, 7) is 3.67. The number of nitrogens with one attached hydrogen (secondary N) is 1. The van der Waals surface area contributed by atoms with Crippen LogP contribution in [0.1, 0.15) is 54.2 Å². The number of aromatic nitrogens is 2. The van der Waals surface area contributed by atoms with Gasteiger partial charge in [0.05, 0.1) is 18.4 Å². The number of hydrogen-bond acceptors (Lipinski definition) is 5. The lowest BCUT2D eigenvalue weighted by atomic mass is 10.0. The molecule has 1 saturated heterocycles. The third-order valence-corrected chi connectivity index (χ3v) is 7.21. The molecule has 0 unspecified atom stereocenters. The molecule has 7 heteroatoms. The molecule has 33 heavy (non-hydrogen) atoms. The Bertz CT molecular complexity index is 1090. The summed E-state index contributed by atoms with van der Waals surface area (Å²) in [6.07, 6.45) is 8.73. The Balaban J connectivity index is 1.22. The molecule has 1 aliphatic carbocycles. The lowest BCUT2D eigenvalue weighted by molar-refractivity contribution is -0.130. The third-order valence-electron chi connectivity index (χ3n) is 7.21. The van der Waals surface area contributed by atoms with Gasteiger partial charge in [0.25, 0.3) is 5.56 Å². The Labute approximate surface area is 194 Å². The largest absolute Gasteiger partial charge is 0.497 e. The zero-order valence-corrected chi connectivity index (χ0v) is 19.3. The highest BCUT2D eigenvalue weighted by Crippen LogP contribution is 2.28. The lowest BCUT2D eigenvalue weighted by Gasteiger charge is -2.28. The number of amides is 1. The van der Waals surface area contributed by atoms with Crippen LogP contribution in [0.5, 0.6) is 5.75 Å². The van der Waals surface area contributed by atoms with Crippen LogP contribution in [0, 0.1) is 5.92 Å². The molecule has 3 heterocycles. The van der Waals surface area contributed by atoms with Crippen LogP contribution in [0.2, 0.25) is 0 Å². The highest BCUT2D eigenvalue weighted by atomic mass is 16.5. The average Bonchev–Trinajstić information content (AvgIpc) is 3.52. The summed E-state index contributed by atoms with van der Waals surface area (Å²) < 4.78 is 5.23. The minimum atomic E-state index is -0.0321. The van der Waals surface area contributed by atoms with E-state index >= 15 is 0 Å². The van der Waals surface area contributed by atoms with Crippen molar-refractivity contribution in [1.82, 2.24) is 19.8 Å². The minimum Gasteiger partial charge on any atom is -0.497 e. The average molecular weight is 449 g/mol.